The molecule has 0 N–H and O–H groups in total. The molecule has 0 unspecified atom stereocenters. The second-order valence-corrected chi connectivity index (χ2v) is 8.42. The predicted octanol–water partition coefficient (Wildman–Crippen LogP) is 6.90. The van der Waals surface area contributed by atoms with Gasteiger partial charge < -0.3 is 0 Å². The van der Waals surface area contributed by atoms with E-state index in [0.29, 0.717) is 16.7 Å². The highest BCUT2D eigenvalue weighted by atomic mass is 35.5. The van der Waals surface area contributed by atoms with Gasteiger partial charge in [0.15, 0.2) is 5.13 Å². The summed E-state index contributed by atoms with van der Waals surface area (Å²) in [7, 11) is 0. The van der Waals surface area contributed by atoms with Gasteiger partial charge in [0, 0.05) is 5.02 Å². The molecule has 0 aliphatic carbocycles. The number of fused-ring (bicyclic) bond motifs is 1. The van der Waals surface area contributed by atoms with Crippen LogP contribution in [0.3, 0.4) is 0 Å². The summed E-state index contributed by atoms with van der Waals surface area (Å²) in [6, 6.07) is 17.0. The van der Waals surface area contributed by atoms with Gasteiger partial charge in [-0.2, -0.15) is 0 Å². The number of rotatable bonds is 4. The lowest BCUT2D eigenvalue weighted by atomic mass is 10.1. The maximum Gasteiger partial charge on any atom is 0.261 e. The molecule has 0 aliphatic heterocycles. The largest absolute Gasteiger partial charge is 0.279 e. The van der Waals surface area contributed by atoms with Crippen molar-refractivity contribution >= 4 is 55.8 Å². The number of aromatic nitrogens is 1. The van der Waals surface area contributed by atoms with Gasteiger partial charge in [-0.05, 0) is 48.4 Å². The first-order chi connectivity index (χ1) is 13.9. The van der Waals surface area contributed by atoms with Crippen LogP contribution in [0.4, 0.5) is 9.52 Å². The molecule has 146 valence electrons. The Morgan fingerprint density at radius 2 is 1.86 bits per heavy atom. The van der Waals surface area contributed by atoms with Gasteiger partial charge in [0.2, 0.25) is 0 Å². The molecule has 0 aliphatic rings. The Kier molecular flexibility index (Phi) is 5.54. The Labute approximate surface area is 181 Å². The van der Waals surface area contributed by atoms with E-state index in [1.165, 1.54) is 23.5 Å². The number of aryl methyl sites for hydroxylation is 1. The number of carbonyl (C=O) groups excluding carboxylic acids is 1. The van der Waals surface area contributed by atoms with Crippen LogP contribution >= 0.6 is 34.5 Å². The Morgan fingerprint density at radius 3 is 2.59 bits per heavy atom. The lowest BCUT2D eigenvalue weighted by molar-refractivity contribution is 0.0985. The summed E-state index contributed by atoms with van der Waals surface area (Å²) >= 11 is 13.7. The highest BCUT2D eigenvalue weighted by molar-refractivity contribution is 7.22. The summed E-state index contributed by atoms with van der Waals surface area (Å²) in [6.07, 6.45) is 0. The minimum atomic E-state index is -0.494. The van der Waals surface area contributed by atoms with Crippen molar-refractivity contribution < 1.29 is 9.18 Å². The molecule has 0 saturated carbocycles. The van der Waals surface area contributed by atoms with Crippen molar-refractivity contribution in [3.8, 4) is 0 Å². The Morgan fingerprint density at radius 1 is 1.10 bits per heavy atom. The van der Waals surface area contributed by atoms with Crippen molar-refractivity contribution in [1.82, 2.24) is 4.98 Å². The predicted molar refractivity (Wildman–Crippen MR) is 118 cm³/mol. The van der Waals surface area contributed by atoms with Crippen molar-refractivity contribution in [3.63, 3.8) is 0 Å². The number of benzene rings is 3. The van der Waals surface area contributed by atoms with Crippen LogP contribution in [0, 0.1) is 12.7 Å². The first-order valence-corrected chi connectivity index (χ1v) is 10.4. The first kappa shape index (κ1) is 19.8. The summed E-state index contributed by atoms with van der Waals surface area (Å²) in [5, 5.41) is 1.21. The van der Waals surface area contributed by atoms with Crippen LogP contribution in [0.15, 0.2) is 60.7 Å². The van der Waals surface area contributed by atoms with Gasteiger partial charge in [0.1, 0.15) is 5.82 Å². The van der Waals surface area contributed by atoms with E-state index in [9.17, 15) is 9.18 Å². The van der Waals surface area contributed by atoms with Crippen molar-refractivity contribution in [3.05, 3.63) is 93.2 Å². The molecule has 3 aromatic carbocycles. The summed E-state index contributed by atoms with van der Waals surface area (Å²) in [5.41, 5.74) is 2.89. The fourth-order valence-electron chi connectivity index (χ4n) is 3.06. The zero-order valence-corrected chi connectivity index (χ0v) is 17.7. The second kappa shape index (κ2) is 8.11. The zero-order chi connectivity index (χ0) is 20.5. The zero-order valence-electron chi connectivity index (χ0n) is 15.3. The number of hydrogen-bond donors (Lipinski definition) is 0. The molecule has 0 radical (unpaired) electrons. The van der Waals surface area contributed by atoms with Crippen molar-refractivity contribution in [2.75, 3.05) is 4.90 Å². The maximum absolute atomic E-state index is 13.5. The topological polar surface area (TPSA) is 33.2 Å². The van der Waals surface area contributed by atoms with Gasteiger partial charge >= 0.3 is 0 Å². The van der Waals surface area contributed by atoms with Gasteiger partial charge in [-0.1, -0.05) is 64.9 Å². The Hall–Kier alpha value is -2.47. The SMILES string of the molecule is Cc1cc(Cl)cc2sc(N(Cc3ccccc3)C(=O)c3ccc(F)cc3Cl)nc12. The molecule has 1 heterocycles. The molecular formula is C22H15Cl2FN2OS. The average molecular weight is 445 g/mol. The third-order valence-electron chi connectivity index (χ3n) is 4.46. The van der Waals surface area contributed by atoms with E-state index in [4.69, 9.17) is 28.2 Å². The van der Waals surface area contributed by atoms with E-state index in [1.807, 2.05) is 49.4 Å². The minimum absolute atomic E-state index is 0.0633. The first-order valence-electron chi connectivity index (χ1n) is 8.80. The molecule has 4 rings (SSSR count). The van der Waals surface area contributed by atoms with Crippen LogP contribution in [0.5, 0.6) is 0 Å². The molecule has 1 amide bonds. The highest BCUT2D eigenvalue weighted by Gasteiger charge is 2.24. The molecule has 0 saturated heterocycles. The molecule has 3 nitrogen and oxygen atoms in total. The quantitative estimate of drug-likeness (QED) is 0.343. The Balaban J connectivity index is 1.82. The number of anilines is 1. The van der Waals surface area contributed by atoms with Crippen molar-refractivity contribution in [2.24, 2.45) is 0 Å². The molecule has 4 aromatic rings. The smallest absolute Gasteiger partial charge is 0.261 e. The second-order valence-electron chi connectivity index (χ2n) is 6.57. The summed E-state index contributed by atoms with van der Waals surface area (Å²) in [6.45, 7) is 2.23. The van der Waals surface area contributed by atoms with E-state index in [2.05, 4.69) is 0 Å². The normalized spacial score (nSPS) is 11.0. The van der Waals surface area contributed by atoms with E-state index < -0.39 is 5.82 Å². The molecule has 0 spiro atoms. The third-order valence-corrected chi connectivity index (χ3v) is 6.02. The fourth-order valence-corrected chi connectivity index (χ4v) is 4.72. The monoisotopic (exact) mass is 444 g/mol. The number of amides is 1. The van der Waals surface area contributed by atoms with Crippen LogP contribution in [0.25, 0.3) is 10.2 Å². The lowest BCUT2D eigenvalue weighted by Crippen LogP contribution is -2.30. The summed E-state index contributed by atoms with van der Waals surface area (Å²) < 4.78 is 14.4. The Bertz CT molecular complexity index is 1210. The highest BCUT2D eigenvalue weighted by Crippen LogP contribution is 2.35. The van der Waals surface area contributed by atoms with Gasteiger partial charge in [-0.25, -0.2) is 9.37 Å². The van der Waals surface area contributed by atoms with Crippen molar-refractivity contribution in [1.29, 1.82) is 0 Å². The van der Waals surface area contributed by atoms with Crippen LogP contribution in [-0.2, 0) is 6.54 Å². The van der Waals surface area contributed by atoms with E-state index in [-0.39, 0.29) is 16.5 Å². The number of hydrogen-bond acceptors (Lipinski definition) is 3. The van der Waals surface area contributed by atoms with Gasteiger partial charge in [0.25, 0.3) is 5.91 Å². The van der Waals surface area contributed by atoms with E-state index in [0.717, 1.165) is 27.4 Å². The summed E-state index contributed by atoms with van der Waals surface area (Å²) in [5.74, 6) is -0.840. The molecule has 0 bridgehead atoms. The van der Waals surface area contributed by atoms with Crippen LogP contribution in [-0.4, -0.2) is 10.9 Å². The molecule has 7 heteroatoms. The maximum atomic E-state index is 13.5. The fraction of sp³-hybridized carbons (Fsp3) is 0.0909. The van der Waals surface area contributed by atoms with Gasteiger partial charge in [-0.15, -0.1) is 0 Å². The minimum Gasteiger partial charge on any atom is -0.279 e. The number of carbonyl (C=O) groups is 1. The molecule has 0 atom stereocenters. The number of nitrogens with zero attached hydrogens (tertiary/aromatic N) is 2. The lowest BCUT2D eigenvalue weighted by Gasteiger charge is -2.20. The van der Waals surface area contributed by atoms with E-state index >= 15 is 0 Å². The van der Waals surface area contributed by atoms with Gasteiger partial charge in [0.05, 0.1) is 27.3 Å². The van der Waals surface area contributed by atoms with Crippen LogP contribution in [0.1, 0.15) is 21.5 Å². The van der Waals surface area contributed by atoms with Crippen LogP contribution < -0.4 is 4.90 Å². The standard InChI is InChI=1S/C22H15Cl2FN2OS/c1-13-9-15(23)10-19-20(13)26-22(29-19)27(12-14-5-3-2-4-6-14)21(28)17-8-7-16(25)11-18(17)24/h2-11H,12H2,1H3. The summed E-state index contributed by atoms with van der Waals surface area (Å²) in [4.78, 5) is 19.6. The third kappa shape index (κ3) is 4.13. The number of halogens is 3. The van der Waals surface area contributed by atoms with Gasteiger partial charge in [-0.3, -0.25) is 9.69 Å². The van der Waals surface area contributed by atoms with Crippen LogP contribution in [0.2, 0.25) is 10.0 Å². The number of thiazole rings is 1. The molecule has 0 fully saturated rings. The molecule has 29 heavy (non-hydrogen) atoms. The molecule has 1 aromatic heterocycles. The van der Waals surface area contributed by atoms with E-state index in [1.54, 1.807) is 4.90 Å². The average Bonchev–Trinajstić information content (AvgIpc) is 3.10. The molecular weight excluding hydrogens is 430 g/mol. The van der Waals surface area contributed by atoms with Crippen molar-refractivity contribution in [2.45, 2.75) is 13.5 Å².